The number of carbonyl (C=O) groups is 2. The van der Waals surface area contributed by atoms with E-state index < -0.39 is 0 Å². The number of benzene rings is 1. The van der Waals surface area contributed by atoms with E-state index in [4.69, 9.17) is 0 Å². The van der Waals surface area contributed by atoms with Gasteiger partial charge in [-0.15, -0.1) is 0 Å². The van der Waals surface area contributed by atoms with Crippen molar-refractivity contribution >= 4 is 11.8 Å². The van der Waals surface area contributed by atoms with Crippen molar-refractivity contribution in [3.63, 3.8) is 0 Å². The molecule has 2 aromatic heterocycles. The van der Waals surface area contributed by atoms with Gasteiger partial charge in [-0.3, -0.25) is 14.7 Å². The Morgan fingerprint density at radius 2 is 1.86 bits per heavy atom. The first-order valence-electron chi connectivity index (χ1n) is 9.49. The number of pyridine rings is 1. The zero-order valence-electron chi connectivity index (χ0n) is 16.3. The number of hydrogen-bond acceptors (Lipinski definition) is 5. The molecule has 0 aliphatic carbocycles. The van der Waals surface area contributed by atoms with Crippen molar-refractivity contribution in [2.75, 3.05) is 13.1 Å². The maximum Gasteiger partial charge on any atom is 0.272 e. The highest BCUT2D eigenvalue weighted by Crippen LogP contribution is 2.28. The van der Waals surface area contributed by atoms with Crippen LogP contribution in [0.5, 0.6) is 0 Å². The third kappa shape index (κ3) is 4.01. The molecule has 3 heterocycles. The first kappa shape index (κ1) is 18.8. The number of aryl methyl sites for hydroxylation is 1. The monoisotopic (exact) mass is 390 g/mol. The maximum absolute atomic E-state index is 12.9. The number of rotatable bonds is 4. The minimum Gasteiger partial charge on any atom is -0.351 e. The lowest BCUT2D eigenvalue weighted by Crippen LogP contribution is -2.39. The second-order valence-electron chi connectivity index (χ2n) is 7.20. The minimum absolute atomic E-state index is 0.147. The Labute approximate surface area is 168 Å². The predicted molar refractivity (Wildman–Crippen MR) is 107 cm³/mol. The van der Waals surface area contributed by atoms with E-state index in [2.05, 4.69) is 25.5 Å². The summed E-state index contributed by atoms with van der Waals surface area (Å²) in [5, 5.41) is 10.3. The quantitative estimate of drug-likeness (QED) is 0.708. The molecule has 3 aromatic rings. The number of nitrogens with one attached hydrogen (secondary N) is 2. The zero-order valence-corrected chi connectivity index (χ0v) is 16.3. The van der Waals surface area contributed by atoms with Crippen LogP contribution in [0.25, 0.3) is 11.4 Å². The molecule has 4 rings (SSSR count). The summed E-state index contributed by atoms with van der Waals surface area (Å²) in [5.74, 6) is 0.750. The normalized spacial score (nSPS) is 18.6. The lowest BCUT2D eigenvalue weighted by molar-refractivity contribution is -0.119. The molecule has 2 atom stereocenters. The second-order valence-corrected chi connectivity index (χ2v) is 7.20. The lowest BCUT2D eigenvalue weighted by Gasteiger charge is -2.16. The van der Waals surface area contributed by atoms with Crippen LogP contribution in [0.1, 0.15) is 34.8 Å². The third-order valence-electron chi connectivity index (χ3n) is 4.99. The van der Waals surface area contributed by atoms with Crippen LogP contribution >= 0.6 is 0 Å². The molecule has 1 aromatic carbocycles. The fourth-order valence-electron chi connectivity index (χ4n) is 3.63. The molecule has 0 spiro atoms. The van der Waals surface area contributed by atoms with E-state index in [0.717, 1.165) is 11.3 Å². The average Bonchev–Trinajstić information content (AvgIpc) is 3.35. The van der Waals surface area contributed by atoms with Gasteiger partial charge in [0.05, 0.1) is 12.0 Å². The molecule has 8 heteroatoms. The number of aromatic nitrogens is 4. The molecule has 1 aliphatic heterocycles. The van der Waals surface area contributed by atoms with Crippen LogP contribution in [0.15, 0.2) is 48.5 Å². The summed E-state index contributed by atoms with van der Waals surface area (Å²) in [6, 6.07) is 14.8. The topological polar surface area (TPSA) is 104 Å². The van der Waals surface area contributed by atoms with Gasteiger partial charge < -0.3 is 10.2 Å². The summed E-state index contributed by atoms with van der Waals surface area (Å²) in [4.78, 5) is 35.3. The molecule has 0 unspecified atom stereocenters. The van der Waals surface area contributed by atoms with Crippen molar-refractivity contribution in [1.29, 1.82) is 0 Å². The fraction of sp³-hybridized carbons (Fsp3) is 0.286. The minimum atomic E-state index is -0.252. The molecular weight excluding hydrogens is 368 g/mol. The van der Waals surface area contributed by atoms with Crippen LogP contribution in [0.4, 0.5) is 0 Å². The number of aromatic amines is 1. The molecule has 1 aliphatic rings. The van der Waals surface area contributed by atoms with Crippen molar-refractivity contribution in [1.82, 2.24) is 30.4 Å². The van der Waals surface area contributed by atoms with Crippen LogP contribution in [-0.2, 0) is 4.79 Å². The molecule has 2 amide bonds. The van der Waals surface area contributed by atoms with Crippen LogP contribution < -0.4 is 5.32 Å². The van der Waals surface area contributed by atoms with E-state index in [1.54, 1.807) is 11.0 Å². The Bertz CT molecular complexity index is 1030. The predicted octanol–water partition coefficient (Wildman–Crippen LogP) is 1.92. The highest BCUT2D eigenvalue weighted by molar-refractivity contribution is 5.92. The Balaban J connectivity index is 1.59. The summed E-state index contributed by atoms with van der Waals surface area (Å²) in [6.07, 6.45) is 0. The van der Waals surface area contributed by atoms with Gasteiger partial charge in [-0.25, -0.2) is 9.97 Å². The molecule has 148 valence electrons. The first-order chi connectivity index (χ1) is 14.0. The van der Waals surface area contributed by atoms with Crippen molar-refractivity contribution in [2.24, 2.45) is 0 Å². The van der Waals surface area contributed by atoms with Crippen LogP contribution in [-0.4, -0.2) is 56.0 Å². The largest absolute Gasteiger partial charge is 0.351 e. The number of nitrogens with zero attached hydrogens (tertiary/aromatic N) is 4. The summed E-state index contributed by atoms with van der Waals surface area (Å²) >= 11 is 0. The van der Waals surface area contributed by atoms with E-state index in [1.165, 1.54) is 6.92 Å². The molecule has 1 saturated heterocycles. The first-order valence-corrected chi connectivity index (χ1v) is 9.49. The van der Waals surface area contributed by atoms with Crippen molar-refractivity contribution < 1.29 is 9.59 Å². The molecule has 29 heavy (non-hydrogen) atoms. The highest BCUT2D eigenvalue weighted by Gasteiger charge is 2.39. The molecule has 0 saturated carbocycles. The molecule has 0 radical (unpaired) electrons. The number of carbonyl (C=O) groups excluding carboxylic acids is 2. The van der Waals surface area contributed by atoms with Crippen molar-refractivity contribution in [3.8, 4) is 11.4 Å². The van der Waals surface area contributed by atoms with Gasteiger partial charge in [0.15, 0.2) is 5.82 Å². The molecular formula is C21H22N6O2. The van der Waals surface area contributed by atoms with Gasteiger partial charge in [0.1, 0.15) is 11.5 Å². The van der Waals surface area contributed by atoms with E-state index >= 15 is 0 Å². The van der Waals surface area contributed by atoms with Gasteiger partial charge in [-0.1, -0.05) is 36.4 Å². The Hall–Kier alpha value is -3.55. The smallest absolute Gasteiger partial charge is 0.272 e. The van der Waals surface area contributed by atoms with E-state index in [9.17, 15) is 9.59 Å². The second kappa shape index (κ2) is 7.83. The van der Waals surface area contributed by atoms with Gasteiger partial charge >= 0.3 is 0 Å². The van der Waals surface area contributed by atoms with Crippen molar-refractivity contribution in [3.05, 3.63) is 65.7 Å². The van der Waals surface area contributed by atoms with Crippen LogP contribution in [0.2, 0.25) is 0 Å². The highest BCUT2D eigenvalue weighted by atomic mass is 16.2. The average molecular weight is 390 g/mol. The Kier molecular flexibility index (Phi) is 5.07. The maximum atomic E-state index is 12.9. The van der Waals surface area contributed by atoms with Gasteiger partial charge in [0.25, 0.3) is 5.91 Å². The number of H-pyrrole nitrogens is 1. The fourth-order valence-corrected chi connectivity index (χ4v) is 3.63. The Morgan fingerprint density at radius 1 is 1.07 bits per heavy atom. The summed E-state index contributed by atoms with van der Waals surface area (Å²) in [6.45, 7) is 4.13. The zero-order chi connectivity index (χ0) is 20.4. The van der Waals surface area contributed by atoms with Gasteiger partial charge in [0.2, 0.25) is 5.91 Å². The van der Waals surface area contributed by atoms with Crippen LogP contribution in [0.3, 0.4) is 0 Å². The molecule has 8 nitrogen and oxygen atoms in total. The van der Waals surface area contributed by atoms with E-state index in [-0.39, 0.29) is 23.8 Å². The summed E-state index contributed by atoms with van der Waals surface area (Å²) in [5.41, 5.74) is 2.09. The third-order valence-corrected chi connectivity index (χ3v) is 4.99. The molecule has 0 bridgehead atoms. The van der Waals surface area contributed by atoms with E-state index in [1.807, 2.05) is 49.4 Å². The van der Waals surface area contributed by atoms with Gasteiger partial charge in [-0.05, 0) is 19.1 Å². The summed E-state index contributed by atoms with van der Waals surface area (Å²) in [7, 11) is 0. The molecule has 1 fully saturated rings. The number of hydrogen-bond donors (Lipinski definition) is 2. The lowest BCUT2D eigenvalue weighted by atomic mass is 10.0. The van der Waals surface area contributed by atoms with Crippen molar-refractivity contribution in [2.45, 2.75) is 25.8 Å². The molecule has 2 N–H and O–H groups in total. The van der Waals surface area contributed by atoms with Gasteiger partial charge in [-0.2, -0.15) is 5.10 Å². The summed E-state index contributed by atoms with van der Waals surface area (Å²) < 4.78 is 0. The SMILES string of the molecule is CC(=O)N[C@@H]1CN(C(=O)c2cccc(C)n2)C[C@H]1c1nc(-c2ccccc2)n[nH]1. The van der Waals surface area contributed by atoms with E-state index in [0.29, 0.717) is 30.4 Å². The van der Waals surface area contributed by atoms with Gasteiger partial charge in [0, 0.05) is 31.3 Å². The standard InChI is InChI=1S/C21H22N6O2/c1-13-7-6-10-17(22-13)21(29)27-11-16(18(12-27)23-14(2)28)20-24-19(25-26-20)15-8-4-3-5-9-15/h3-10,16,18H,11-12H2,1-2H3,(H,23,28)(H,24,25,26)/t16-,18-/m1/s1. The number of likely N-dealkylation sites (tertiary alicyclic amines) is 1. The Morgan fingerprint density at radius 3 is 2.59 bits per heavy atom. The van der Waals surface area contributed by atoms with Crippen LogP contribution in [0, 0.1) is 6.92 Å². The number of amides is 2.